The molecular weight excluding hydrogens is 444 g/mol. The molecule has 12 nitrogen and oxygen atoms in total. The van der Waals surface area contributed by atoms with Crippen molar-refractivity contribution in [3.63, 3.8) is 0 Å². The van der Waals surface area contributed by atoms with E-state index in [4.69, 9.17) is 19.8 Å². The summed E-state index contributed by atoms with van der Waals surface area (Å²) in [7, 11) is -8.33. The van der Waals surface area contributed by atoms with Gasteiger partial charge < -0.3 is 25.5 Å². The van der Waals surface area contributed by atoms with Gasteiger partial charge in [-0.3, -0.25) is 4.55 Å². The first-order valence-electron chi connectivity index (χ1n) is 8.57. The fourth-order valence-electron chi connectivity index (χ4n) is 1.59. The van der Waals surface area contributed by atoms with Crippen LogP contribution in [-0.4, -0.2) is 74.7 Å². The summed E-state index contributed by atoms with van der Waals surface area (Å²) in [6.45, 7) is 9.79. The Morgan fingerprint density at radius 1 is 1.00 bits per heavy atom. The second-order valence-corrected chi connectivity index (χ2v) is 9.45. The zero-order chi connectivity index (χ0) is 24.1. The lowest BCUT2D eigenvalue weighted by Gasteiger charge is -2.11. The van der Waals surface area contributed by atoms with Gasteiger partial charge in [-0.05, 0) is 20.3 Å². The topological polar surface area (TPSA) is 218 Å². The molecule has 0 spiro atoms. The van der Waals surface area contributed by atoms with E-state index in [2.05, 4.69) is 18.9 Å². The molecule has 0 aliphatic heterocycles. The molecular formula is C16H30N2O10S2. The van der Waals surface area contributed by atoms with Gasteiger partial charge in [-0.25, -0.2) is 18.0 Å². The third-order valence-corrected chi connectivity index (χ3v) is 4.77. The number of carbonyl (C=O) groups excluding carboxylic acids is 2. The van der Waals surface area contributed by atoms with E-state index in [0.29, 0.717) is 0 Å². The van der Waals surface area contributed by atoms with Crippen molar-refractivity contribution >= 4 is 32.2 Å². The Hall–Kier alpha value is -1.84. The number of esters is 2. The van der Waals surface area contributed by atoms with E-state index in [1.165, 1.54) is 13.8 Å². The van der Waals surface area contributed by atoms with Gasteiger partial charge in [0.2, 0.25) is 0 Å². The zero-order valence-corrected chi connectivity index (χ0v) is 18.7. The molecule has 30 heavy (non-hydrogen) atoms. The van der Waals surface area contributed by atoms with Gasteiger partial charge >= 0.3 is 11.9 Å². The van der Waals surface area contributed by atoms with Gasteiger partial charge in [-0.15, -0.1) is 0 Å². The molecule has 176 valence electrons. The molecule has 0 aliphatic rings. The van der Waals surface area contributed by atoms with Crippen molar-refractivity contribution in [2.45, 2.75) is 38.8 Å². The lowest BCUT2D eigenvalue weighted by Crippen LogP contribution is -2.64. The van der Waals surface area contributed by atoms with Crippen LogP contribution in [-0.2, 0) is 39.3 Å². The van der Waals surface area contributed by atoms with Crippen molar-refractivity contribution in [2.75, 3.05) is 24.7 Å². The first-order chi connectivity index (χ1) is 13.4. The van der Waals surface area contributed by atoms with Crippen LogP contribution in [0.3, 0.4) is 0 Å². The summed E-state index contributed by atoms with van der Waals surface area (Å²) in [4.78, 5) is 21.8. The molecule has 0 heterocycles. The van der Waals surface area contributed by atoms with Gasteiger partial charge in [-0.2, -0.15) is 8.42 Å². The van der Waals surface area contributed by atoms with Crippen LogP contribution in [0.5, 0.6) is 0 Å². The molecule has 0 saturated carbocycles. The quantitative estimate of drug-likeness (QED) is 0.165. The van der Waals surface area contributed by atoms with Crippen molar-refractivity contribution < 1.29 is 50.7 Å². The smallest absolute Gasteiger partial charge is 0.333 e. The van der Waals surface area contributed by atoms with E-state index in [1.54, 1.807) is 0 Å². The largest absolute Gasteiger partial charge is 0.748 e. The van der Waals surface area contributed by atoms with Crippen molar-refractivity contribution in [1.29, 1.82) is 0 Å². The van der Waals surface area contributed by atoms with Crippen LogP contribution >= 0.6 is 0 Å². The molecule has 0 aliphatic carbocycles. The maximum Gasteiger partial charge on any atom is 0.333 e. The number of carbonyl (C=O) groups is 2. The third kappa shape index (κ3) is 20.9. The minimum atomic E-state index is -4.26. The lowest BCUT2D eigenvalue weighted by molar-refractivity contribution is -0.414. The molecule has 14 heteroatoms. The van der Waals surface area contributed by atoms with Gasteiger partial charge in [0.05, 0.1) is 24.7 Å². The van der Waals surface area contributed by atoms with E-state index in [0.717, 1.165) is 0 Å². The van der Waals surface area contributed by atoms with Crippen molar-refractivity contribution in [2.24, 2.45) is 5.73 Å². The molecule has 0 rings (SSSR count). The van der Waals surface area contributed by atoms with Crippen LogP contribution < -0.4 is 11.5 Å². The molecule has 0 fully saturated rings. The highest BCUT2D eigenvalue weighted by atomic mass is 32.2. The van der Waals surface area contributed by atoms with Crippen LogP contribution in [0.1, 0.15) is 26.7 Å². The Morgan fingerprint density at radius 2 is 1.40 bits per heavy atom. The van der Waals surface area contributed by atoms with Crippen molar-refractivity contribution in [1.82, 2.24) is 0 Å². The fraction of sp³-hybridized carbons (Fsp3) is 0.625. The monoisotopic (exact) mass is 474 g/mol. The summed E-state index contributed by atoms with van der Waals surface area (Å²) in [5.41, 5.74) is 9.37. The van der Waals surface area contributed by atoms with Gasteiger partial charge in [0, 0.05) is 23.6 Å². The molecule has 0 bridgehead atoms. The molecule has 2 atom stereocenters. The molecule has 0 aromatic heterocycles. The third-order valence-electron chi connectivity index (χ3n) is 3.04. The number of ether oxygens (including phenoxy) is 2. The summed E-state index contributed by atoms with van der Waals surface area (Å²) in [5.74, 6) is -2.17. The normalized spacial score (nSPS) is 13.3. The molecule has 0 aromatic rings. The summed E-state index contributed by atoms with van der Waals surface area (Å²) in [6.07, 6.45) is 0.402. The molecule has 2 unspecified atom stereocenters. The van der Waals surface area contributed by atoms with E-state index < -0.39 is 55.8 Å². The fourth-order valence-corrected chi connectivity index (χ4v) is 3.05. The van der Waals surface area contributed by atoms with Crippen molar-refractivity contribution in [3.05, 3.63) is 24.3 Å². The summed E-state index contributed by atoms with van der Waals surface area (Å²) in [6, 6.07) is -1.32. The predicted octanol–water partition coefficient (Wildman–Crippen LogP) is -1.64. The Labute approximate surface area is 176 Å². The number of rotatable bonds is 12. The maximum atomic E-state index is 10.9. The van der Waals surface area contributed by atoms with Gasteiger partial charge in [0.25, 0.3) is 10.1 Å². The Kier molecular flexibility index (Phi) is 14.4. The second kappa shape index (κ2) is 14.2. The average Bonchev–Trinajstić information content (AvgIpc) is 2.51. The molecule has 0 amide bonds. The predicted molar refractivity (Wildman–Crippen MR) is 106 cm³/mol. The van der Waals surface area contributed by atoms with Crippen LogP contribution in [0.4, 0.5) is 0 Å². The minimum Gasteiger partial charge on any atom is -0.748 e. The lowest BCUT2D eigenvalue weighted by atomic mass is 10.3. The zero-order valence-electron chi connectivity index (χ0n) is 17.0. The molecule has 0 radical (unpaired) electrons. The van der Waals surface area contributed by atoms with Crippen LogP contribution in [0, 0.1) is 0 Å². The van der Waals surface area contributed by atoms with Gasteiger partial charge in [-0.1, -0.05) is 13.2 Å². The van der Waals surface area contributed by atoms with Crippen LogP contribution in [0.15, 0.2) is 24.3 Å². The van der Waals surface area contributed by atoms with Crippen molar-refractivity contribution in [3.8, 4) is 0 Å². The second-order valence-electron chi connectivity index (χ2n) is 6.51. The van der Waals surface area contributed by atoms with Gasteiger partial charge in [0.15, 0.2) is 0 Å². The number of hydrogen-bond donors (Lipinski definition) is 3. The first kappa shape index (κ1) is 30.4. The van der Waals surface area contributed by atoms with Crippen LogP contribution in [0.2, 0.25) is 0 Å². The number of nitrogens with two attached hydrogens (primary N) is 1. The van der Waals surface area contributed by atoms with E-state index in [9.17, 15) is 31.0 Å². The highest BCUT2D eigenvalue weighted by Gasteiger charge is 2.14. The number of quaternary nitrogens is 1. The number of hydrogen-bond acceptors (Lipinski definition) is 10. The van der Waals surface area contributed by atoms with E-state index in [-0.39, 0.29) is 37.2 Å². The van der Waals surface area contributed by atoms with Crippen LogP contribution in [0.25, 0.3) is 0 Å². The first-order valence-corrected chi connectivity index (χ1v) is 11.8. The van der Waals surface area contributed by atoms with Gasteiger partial charge in [0.1, 0.15) is 16.2 Å². The molecule has 0 saturated heterocycles. The Balaban J connectivity index is 0. The summed E-state index contributed by atoms with van der Waals surface area (Å²) in [5, 5.41) is 0. The van der Waals surface area contributed by atoms with E-state index >= 15 is 0 Å². The standard InChI is InChI=1S/2C8H15NO5S/c2*1-6(2)8(10)14-4-3-7(9)5-15(11,12)13/h2*7H,1,3-5,9H2,2H3,(H,11,12,13). The summed E-state index contributed by atoms with van der Waals surface area (Å²) < 4.78 is 69.7. The SMILES string of the molecule is C=C(C)C(=O)OCCC(N)CS(=O)(=O)O.C=C(C)C(=O)OCCC([NH3+])CS(=O)(=O)[O-]. The molecule has 0 aromatic carbocycles. The Bertz CT molecular complexity index is 738. The summed E-state index contributed by atoms with van der Waals surface area (Å²) >= 11 is 0. The minimum absolute atomic E-state index is 0.00236. The average molecular weight is 475 g/mol. The molecule has 6 N–H and O–H groups in total. The highest BCUT2D eigenvalue weighted by Crippen LogP contribution is 1.98. The Morgan fingerprint density at radius 3 is 1.73 bits per heavy atom. The van der Waals surface area contributed by atoms with E-state index in [1.807, 2.05) is 0 Å². The highest BCUT2D eigenvalue weighted by molar-refractivity contribution is 7.86. The maximum absolute atomic E-state index is 10.9.